The maximum absolute atomic E-state index is 13.5. The fourth-order valence-electron chi connectivity index (χ4n) is 4.41. The van der Waals surface area contributed by atoms with E-state index in [9.17, 15) is 18.0 Å². The Hall–Kier alpha value is -4.11. The van der Waals surface area contributed by atoms with Gasteiger partial charge in [-0.3, -0.25) is 10.2 Å². The maximum Gasteiger partial charge on any atom is 0.434 e. The lowest BCUT2D eigenvalue weighted by Crippen LogP contribution is -2.39. The van der Waals surface area contributed by atoms with Gasteiger partial charge in [0.2, 0.25) is 17.7 Å². The molecule has 0 aliphatic carbocycles. The standard InChI is InChI=1S/C28H33F3N8O3S/c1-7-32-27(40)36-23-11-20(26-35-22(14-43-26)28(29,30)31)21(13-33-23)19-10-18(24-38-37-17(6)42-24)12-34-25(19)41-9-8-39(15(2)3)16(4)5/h10-16H,7-9H2,1-6H3,(H2,32,33,36,40). The van der Waals surface area contributed by atoms with Crippen LogP contribution in [0, 0.1) is 6.92 Å². The fraction of sp³-hybridized carbons (Fsp3) is 0.429. The summed E-state index contributed by atoms with van der Waals surface area (Å²) in [5.74, 6) is 0.913. The van der Waals surface area contributed by atoms with E-state index in [0.717, 1.165) is 16.7 Å². The summed E-state index contributed by atoms with van der Waals surface area (Å²) in [6, 6.07) is 3.23. The van der Waals surface area contributed by atoms with Crippen molar-refractivity contribution < 1.29 is 27.1 Å². The molecule has 230 valence electrons. The van der Waals surface area contributed by atoms with Gasteiger partial charge in [-0.1, -0.05) is 0 Å². The minimum absolute atomic E-state index is 0.0689. The first-order valence-electron chi connectivity index (χ1n) is 13.6. The second-order valence-corrected chi connectivity index (χ2v) is 11.0. The molecule has 2 amide bonds. The topological polar surface area (TPSA) is 131 Å². The number of ether oxygens (including phenoxy) is 1. The van der Waals surface area contributed by atoms with Crippen LogP contribution in [0.2, 0.25) is 0 Å². The number of rotatable bonds is 11. The largest absolute Gasteiger partial charge is 0.476 e. The van der Waals surface area contributed by atoms with Gasteiger partial charge in [-0.2, -0.15) is 13.2 Å². The van der Waals surface area contributed by atoms with Gasteiger partial charge >= 0.3 is 12.2 Å². The van der Waals surface area contributed by atoms with E-state index in [4.69, 9.17) is 9.15 Å². The summed E-state index contributed by atoms with van der Waals surface area (Å²) in [4.78, 5) is 27.2. The lowest BCUT2D eigenvalue weighted by molar-refractivity contribution is -0.140. The predicted molar refractivity (Wildman–Crippen MR) is 157 cm³/mol. The molecule has 0 aliphatic rings. The molecular formula is C28H33F3N8O3S. The van der Waals surface area contributed by atoms with Gasteiger partial charge in [0.1, 0.15) is 17.4 Å². The van der Waals surface area contributed by atoms with E-state index >= 15 is 0 Å². The lowest BCUT2D eigenvalue weighted by atomic mass is 10.0. The number of alkyl halides is 3. The summed E-state index contributed by atoms with van der Waals surface area (Å²) in [6.07, 6.45) is -1.67. The van der Waals surface area contributed by atoms with Gasteiger partial charge in [-0.25, -0.2) is 19.7 Å². The highest BCUT2D eigenvalue weighted by Crippen LogP contribution is 2.41. The number of amides is 2. The number of halogens is 3. The third-order valence-corrected chi connectivity index (χ3v) is 7.21. The lowest BCUT2D eigenvalue weighted by Gasteiger charge is -2.30. The summed E-state index contributed by atoms with van der Waals surface area (Å²) >= 11 is 0.818. The quantitative estimate of drug-likeness (QED) is 0.199. The molecule has 15 heteroatoms. The van der Waals surface area contributed by atoms with Crippen LogP contribution >= 0.6 is 11.3 Å². The van der Waals surface area contributed by atoms with Crippen LogP contribution in [0.15, 0.2) is 34.3 Å². The molecule has 0 atom stereocenters. The van der Waals surface area contributed by atoms with Crippen LogP contribution in [0.25, 0.3) is 33.2 Å². The maximum atomic E-state index is 13.5. The van der Waals surface area contributed by atoms with E-state index in [1.807, 2.05) is 0 Å². The van der Waals surface area contributed by atoms with E-state index < -0.39 is 17.9 Å². The normalized spacial score (nSPS) is 11.9. The molecule has 4 heterocycles. The number of urea groups is 1. The molecule has 0 spiro atoms. The zero-order valence-electron chi connectivity index (χ0n) is 24.6. The third-order valence-electron chi connectivity index (χ3n) is 6.34. The van der Waals surface area contributed by atoms with Crippen LogP contribution in [0.5, 0.6) is 5.88 Å². The van der Waals surface area contributed by atoms with Crippen molar-refractivity contribution >= 4 is 23.2 Å². The predicted octanol–water partition coefficient (Wildman–Crippen LogP) is 6.28. The van der Waals surface area contributed by atoms with Crippen molar-refractivity contribution in [3.63, 3.8) is 0 Å². The third kappa shape index (κ3) is 7.84. The van der Waals surface area contributed by atoms with Crippen molar-refractivity contribution in [2.75, 3.05) is 25.0 Å². The molecule has 4 rings (SSSR count). The summed E-state index contributed by atoms with van der Waals surface area (Å²) < 4.78 is 52.3. The molecule has 2 N–H and O–H groups in total. The van der Waals surface area contributed by atoms with E-state index in [1.165, 1.54) is 18.5 Å². The van der Waals surface area contributed by atoms with E-state index in [1.54, 1.807) is 19.9 Å². The Morgan fingerprint density at radius 2 is 1.81 bits per heavy atom. The van der Waals surface area contributed by atoms with Crippen LogP contribution in [0.4, 0.5) is 23.8 Å². The number of aryl methyl sites for hydroxylation is 1. The van der Waals surface area contributed by atoms with Gasteiger partial charge in [-0.15, -0.1) is 21.5 Å². The molecule has 11 nitrogen and oxygen atoms in total. The second-order valence-electron chi connectivity index (χ2n) is 10.1. The zero-order valence-corrected chi connectivity index (χ0v) is 25.4. The first kappa shape index (κ1) is 31.8. The number of hydrogen-bond acceptors (Lipinski definition) is 10. The van der Waals surface area contributed by atoms with Gasteiger partial charge in [0.25, 0.3) is 0 Å². The number of carbonyl (C=O) groups excluding carboxylic acids is 1. The van der Waals surface area contributed by atoms with Crippen molar-refractivity contribution in [1.29, 1.82) is 0 Å². The van der Waals surface area contributed by atoms with Crippen LogP contribution in [-0.4, -0.2) is 67.9 Å². The molecule has 0 aliphatic heterocycles. The second kappa shape index (κ2) is 13.5. The number of nitrogens with one attached hydrogen (secondary N) is 2. The molecule has 0 unspecified atom stereocenters. The molecule has 0 saturated heterocycles. The van der Waals surface area contributed by atoms with Crippen molar-refractivity contribution in [2.24, 2.45) is 0 Å². The number of thiazole rings is 1. The van der Waals surface area contributed by atoms with Crippen LogP contribution < -0.4 is 15.4 Å². The Labute approximate surface area is 250 Å². The number of anilines is 1. The van der Waals surface area contributed by atoms with Gasteiger partial charge in [0.05, 0.1) is 5.56 Å². The molecule has 4 aromatic heterocycles. The Morgan fingerprint density at radius 3 is 2.42 bits per heavy atom. The Balaban J connectivity index is 1.83. The average molecular weight is 619 g/mol. The van der Waals surface area contributed by atoms with E-state index in [2.05, 4.69) is 68.4 Å². The van der Waals surface area contributed by atoms with Crippen molar-refractivity contribution in [2.45, 2.75) is 59.8 Å². The van der Waals surface area contributed by atoms with Crippen LogP contribution in [0.1, 0.15) is 46.2 Å². The SMILES string of the molecule is CCNC(=O)Nc1cc(-c2nc(C(F)(F)F)cs2)c(-c2cc(-c3nnc(C)o3)cnc2OCCN(C(C)C)C(C)C)cn1. The van der Waals surface area contributed by atoms with Crippen LogP contribution in [0.3, 0.4) is 0 Å². The Morgan fingerprint density at radius 1 is 1.07 bits per heavy atom. The van der Waals surface area contributed by atoms with Gasteiger partial charge in [0, 0.05) is 66.6 Å². The minimum Gasteiger partial charge on any atom is -0.476 e. The molecule has 0 saturated carbocycles. The van der Waals surface area contributed by atoms with Gasteiger partial charge in [0.15, 0.2) is 5.69 Å². The first-order valence-corrected chi connectivity index (χ1v) is 14.5. The minimum atomic E-state index is -4.63. The number of pyridine rings is 2. The Bertz CT molecular complexity index is 1550. The summed E-state index contributed by atoms with van der Waals surface area (Å²) in [6.45, 7) is 13.1. The number of hydrogen-bond donors (Lipinski definition) is 2. The van der Waals surface area contributed by atoms with Crippen molar-refractivity contribution in [3.8, 4) is 39.0 Å². The summed E-state index contributed by atoms with van der Waals surface area (Å²) in [5, 5.41) is 14.2. The number of nitrogens with zero attached hydrogens (tertiary/aromatic N) is 6. The monoisotopic (exact) mass is 618 g/mol. The highest BCUT2D eigenvalue weighted by atomic mass is 32.1. The molecule has 0 bridgehead atoms. The number of carbonyl (C=O) groups is 1. The highest BCUT2D eigenvalue weighted by molar-refractivity contribution is 7.13. The van der Waals surface area contributed by atoms with Crippen LogP contribution in [-0.2, 0) is 6.18 Å². The average Bonchev–Trinajstić information content (AvgIpc) is 3.61. The van der Waals surface area contributed by atoms with Crippen molar-refractivity contribution in [1.82, 2.24) is 35.4 Å². The molecule has 0 aromatic carbocycles. The van der Waals surface area contributed by atoms with E-state index in [0.29, 0.717) is 47.8 Å². The van der Waals surface area contributed by atoms with Gasteiger partial charge < -0.3 is 14.5 Å². The molecule has 4 aromatic rings. The van der Waals surface area contributed by atoms with Crippen molar-refractivity contribution in [3.05, 3.63) is 41.5 Å². The smallest absolute Gasteiger partial charge is 0.434 e. The molecule has 43 heavy (non-hydrogen) atoms. The zero-order chi connectivity index (χ0) is 31.3. The molecule has 0 fully saturated rings. The molecular weight excluding hydrogens is 585 g/mol. The summed E-state index contributed by atoms with van der Waals surface area (Å²) in [5.41, 5.74) is 0.540. The molecule has 0 radical (unpaired) electrons. The Kier molecular flexibility index (Phi) is 9.96. The van der Waals surface area contributed by atoms with E-state index in [-0.39, 0.29) is 34.7 Å². The highest BCUT2D eigenvalue weighted by Gasteiger charge is 2.34. The fourth-order valence-corrected chi connectivity index (χ4v) is 5.27. The van der Waals surface area contributed by atoms with Gasteiger partial charge in [-0.05, 0) is 46.8 Å². The first-order chi connectivity index (χ1) is 20.4. The summed E-state index contributed by atoms with van der Waals surface area (Å²) in [7, 11) is 0. The number of aromatic nitrogens is 5.